The highest BCUT2D eigenvalue weighted by molar-refractivity contribution is 5.72. The summed E-state index contributed by atoms with van der Waals surface area (Å²) in [6.07, 6.45) is 2.49. The van der Waals surface area contributed by atoms with Gasteiger partial charge >= 0.3 is 0 Å². The van der Waals surface area contributed by atoms with Crippen LogP contribution in [0.3, 0.4) is 0 Å². The van der Waals surface area contributed by atoms with E-state index < -0.39 is 0 Å². The minimum Gasteiger partial charge on any atom is -0.355 e. The third kappa shape index (κ3) is 4.85. The van der Waals surface area contributed by atoms with Gasteiger partial charge in [0.05, 0.1) is 0 Å². The van der Waals surface area contributed by atoms with Crippen molar-refractivity contribution in [2.24, 2.45) is 0 Å². The lowest BCUT2D eigenvalue weighted by atomic mass is 10.1. The van der Waals surface area contributed by atoms with Crippen LogP contribution in [0.5, 0.6) is 0 Å². The van der Waals surface area contributed by atoms with E-state index in [1.807, 2.05) is 0 Å². The molecule has 3 N–H and O–H groups in total. The maximum atomic E-state index is 10.5. The van der Waals surface area contributed by atoms with E-state index in [1.165, 1.54) is 12.8 Å². The molecule has 1 aliphatic heterocycles. The third-order valence-corrected chi connectivity index (χ3v) is 2.23. The normalized spacial score (nSPS) is 22.7. The lowest BCUT2D eigenvalue weighted by Crippen LogP contribution is -2.45. The Kier molecular flexibility index (Phi) is 4.78. The fraction of sp³-hybridized carbons (Fsp3) is 0.889. The molecule has 4 nitrogen and oxygen atoms in total. The SMILES string of the molecule is CC(=O)NCCNC1CCCNC1. The predicted molar refractivity (Wildman–Crippen MR) is 52.6 cm³/mol. The number of carbonyl (C=O) groups is 1. The van der Waals surface area contributed by atoms with Gasteiger partial charge in [-0.05, 0) is 19.4 Å². The standard InChI is InChI=1S/C9H19N3O/c1-8(13)11-5-6-12-9-3-2-4-10-7-9/h9-10,12H,2-7H2,1H3,(H,11,13). The molecule has 1 rings (SSSR count). The van der Waals surface area contributed by atoms with Crippen LogP contribution in [-0.4, -0.2) is 38.1 Å². The Morgan fingerprint density at radius 3 is 3.00 bits per heavy atom. The highest BCUT2D eigenvalue weighted by Gasteiger charge is 2.10. The predicted octanol–water partition coefficient (Wildman–Crippen LogP) is -0.536. The number of amides is 1. The summed E-state index contributed by atoms with van der Waals surface area (Å²) in [5.41, 5.74) is 0. The minimum atomic E-state index is 0.0450. The van der Waals surface area contributed by atoms with Crippen molar-refractivity contribution in [2.75, 3.05) is 26.2 Å². The smallest absolute Gasteiger partial charge is 0.216 e. The van der Waals surface area contributed by atoms with Crippen molar-refractivity contribution in [2.45, 2.75) is 25.8 Å². The number of piperidine rings is 1. The van der Waals surface area contributed by atoms with Gasteiger partial charge in [0.15, 0.2) is 0 Å². The van der Waals surface area contributed by atoms with E-state index >= 15 is 0 Å². The maximum absolute atomic E-state index is 10.5. The minimum absolute atomic E-state index is 0.0450. The van der Waals surface area contributed by atoms with Crippen molar-refractivity contribution in [3.05, 3.63) is 0 Å². The average molecular weight is 185 g/mol. The molecule has 0 aromatic heterocycles. The van der Waals surface area contributed by atoms with Crippen LogP contribution in [0.15, 0.2) is 0 Å². The topological polar surface area (TPSA) is 53.2 Å². The van der Waals surface area contributed by atoms with Gasteiger partial charge in [-0.1, -0.05) is 0 Å². The Morgan fingerprint density at radius 1 is 1.54 bits per heavy atom. The summed E-state index contributed by atoms with van der Waals surface area (Å²) in [6, 6.07) is 0.586. The summed E-state index contributed by atoms with van der Waals surface area (Å²) in [5.74, 6) is 0.0450. The fourth-order valence-electron chi connectivity index (χ4n) is 1.54. The molecule has 0 aromatic carbocycles. The van der Waals surface area contributed by atoms with E-state index in [-0.39, 0.29) is 5.91 Å². The molecule has 76 valence electrons. The number of rotatable bonds is 4. The van der Waals surface area contributed by atoms with Gasteiger partial charge in [-0.3, -0.25) is 4.79 Å². The summed E-state index contributed by atoms with van der Waals surface area (Å²) in [4.78, 5) is 10.5. The van der Waals surface area contributed by atoms with E-state index in [9.17, 15) is 4.79 Å². The van der Waals surface area contributed by atoms with Gasteiger partial charge in [0.2, 0.25) is 5.91 Å². The van der Waals surface area contributed by atoms with Gasteiger partial charge in [0, 0.05) is 32.6 Å². The summed E-state index contributed by atoms with van der Waals surface area (Å²) >= 11 is 0. The van der Waals surface area contributed by atoms with Crippen LogP contribution in [0.2, 0.25) is 0 Å². The molecule has 0 saturated carbocycles. The molecule has 13 heavy (non-hydrogen) atoms. The van der Waals surface area contributed by atoms with E-state index in [0.717, 1.165) is 26.2 Å². The molecular weight excluding hydrogens is 166 g/mol. The van der Waals surface area contributed by atoms with Gasteiger partial charge in [-0.15, -0.1) is 0 Å². The van der Waals surface area contributed by atoms with Crippen molar-refractivity contribution in [3.63, 3.8) is 0 Å². The lowest BCUT2D eigenvalue weighted by Gasteiger charge is -2.23. The Balaban J connectivity index is 1.95. The van der Waals surface area contributed by atoms with Crippen LogP contribution in [0.1, 0.15) is 19.8 Å². The third-order valence-electron chi connectivity index (χ3n) is 2.23. The molecule has 4 heteroatoms. The molecule has 0 radical (unpaired) electrons. The summed E-state index contributed by atoms with van der Waals surface area (Å²) < 4.78 is 0. The zero-order valence-corrected chi connectivity index (χ0v) is 8.23. The zero-order valence-electron chi connectivity index (χ0n) is 8.23. The zero-order chi connectivity index (χ0) is 9.52. The molecule has 0 spiro atoms. The second-order valence-electron chi connectivity index (χ2n) is 3.48. The number of hydrogen-bond donors (Lipinski definition) is 3. The fourth-order valence-corrected chi connectivity index (χ4v) is 1.54. The van der Waals surface area contributed by atoms with Gasteiger partial charge in [0.1, 0.15) is 0 Å². The van der Waals surface area contributed by atoms with Crippen molar-refractivity contribution in [1.82, 2.24) is 16.0 Å². The van der Waals surface area contributed by atoms with Crippen molar-refractivity contribution in [3.8, 4) is 0 Å². The molecule has 1 saturated heterocycles. The van der Waals surface area contributed by atoms with Gasteiger partial charge in [-0.25, -0.2) is 0 Å². The molecule has 1 aliphatic rings. The Labute approximate surface area is 79.5 Å². The van der Waals surface area contributed by atoms with E-state index in [2.05, 4.69) is 16.0 Å². The van der Waals surface area contributed by atoms with Crippen LogP contribution >= 0.6 is 0 Å². The Hall–Kier alpha value is -0.610. The van der Waals surface area contributed by atoms with Crippen LogP contribution in [0.4, 0.5) is 0 Å². The first kappa shape index (κ1) is 10.5. The molecule has 1 heterocycles. The second kappa shape index (κ2) is 5.94. The highest BCUT2D eigenvalue weighted by atomic mass is 16.1. The second-order valence-corrected chi connectivity index (χ2v) is 3.48. The molecule has 0 aromatic rings. The van der Waals surface area contributed by atoms with Crippen LogP contribution in [0.25, 0.3) is 0 Å². The Morgan fingerprint density at radius 2 is 2.38 bits per heavy atom. The molecule has 0 bridgehead atoms. The van der Waals surface area contributed by atoms with E-state index in [4.69, 9.17) is 0 Å². The number of hydrogen-bond acceptors (Lipinski definition) is 3. The van der Waals surface area contributed by atoms with Crippen LogP contribution < -0.4 is 16.0 Å². The van der Waals surface area contributed by atoms with Crippen molar-refractivity contribution < 1.29 is 4.79 Å². The molecule has 1 amide bonds. The van der Waals surface area contributed by atoms with Crippen LogP contribution in [0, 0.1) is 0 Å². The molecule has 1 unspecified atom stereocenters. The largest absolute Gasteiger partial charge is 0.355 e. The molecule has 0 aliphatic carbocycles. The molecule has 1 atom stereocenters. The van der Waals surface area contributed by atoms with Crippen molar-refractivity contribution >= 4 is 5.91 Å². The maximum Gasteiger partial charge on any atom is 0.216 e. The monoisotopic (exact) mass is 185 g/mol. The molecular formula is C9H19N3O. The quantitative estimate of drug-likeness (QED) is 0.516. The lowest BCUT2D eigenvalue weighted by molar-refractivity contribution is -0.118. The number of nitrogens with one attached hydrogen (secondary N) is 3. The first-order chi connectivity index (χ1) is 6.29. The van der Waals surface area contributed by atoms with Crippen LogP contribution in [-0.2, 0) is 4.79 Å². The summed E-state index contributed by atoms with van der Waals surface area (Å²) in [6.45, 7) is 5.34. The number of carbonyl (C=O) groups excluding carboxylic acids is 1. The Bertz CT molecular complexity index is 155. The van der Waals surface area contributed by atoms with E-state index in [1.54, 1.807) is 6.92 Å². The van der Waals surface area contributed by atoms with Gasteiger partial charge < -0.3 is 16.0 Å². The highest BCUT2D eigenvalue weighted by Crippen LogP contribution is 1.99. The summed E-state index contributed by atoms with van der Waals surface area (Å²) in [7, 11) is 0. The van der Waals surface area contributed by atoms with Gasteiger partial charge in [0.25, 0.3) is 0 Å². The average Bonchev–Trinajstić information content (AvgIpc) is 2.14. The van der Waals surface area contributed by atoms with E-state index in [0.29, 0.717) is 6.04 Å². The first-order valence-electron chi connectivity index (χ1n) is 4.97. The summed E-state index contributed by atoms with van der Waals surface area (Å²) in [5, 5.41) is 9.50. The molecule has 1 fully saturated rings. The van der Waals surface area contributed by atoms with Gasteiger partial charge in [-0.2, -0.15) is 0 Å². The van der Waals surface area contributed by atoms with Crippen molar-refractivity contribution in [1.29, 1.82) is 0 Å². The first-order valence-corrected chi connectivity index (χ1v) is 4.97.